The maximum atomic E-state index is 14.1. The second-order valence-electron chi connectivity index (χ2n) is 12.0. The molecule has 0 aliphatic rings. The number of sulfonamides is 1. The molecule has 0 heterocycles. The van der Waals surface area contributed by atoms with Gasteiger partial charge in [-0.1, -0.05) is 76.1 Å². The van der Waals surface area contributed by atoms with Crippen LogP contribution in [0.2, 0.25) is 0 Å². The molecular weight excluding hydrogens is 661 g/mol. The number of carbonyl (C=O) groups is 1. The van der Waals surface area contributed by atoms with E-state index in [0.29, 0.717) is 38.3 Å². The van der Waals surface area contributed by atoms with E-state index in [1.54, 1.807) is 6.07 Å². The topological polar surface area (TPSA) is 142 Å². The highest BCUT2D eigenvalue weighted by Gasteiger charge is 2.36. The molecule has 0 bridgehead atoms. The van der Waals surface area contributed by atoms with Crippen LogP contribution in [0.15, 0.2) is 77.7 Å². The van der Waals surface area contributed by atoms with E-state index < -0.39 is 66.6 Å². The summed E-state index contributed by atoms with van der Waals surface area (Å²) in [5.74, 6) is -3.52. The van der Waals surface area contributed by atoms with Gasteiger partial charge in [0.2, 0.25) is 15.9 Å². The largest absolute Gasteiger partial charge is 0.390 e. The molecule has 48 heavy (non-hydrogen) atoms. The van der Waals surface area contributed by atoms with E-state index in [1.165, 1.54) is 24.3 Å². The highest BCUT2D eigenvalue weighted by molar-refractivity contribution is 7.92. The number of halogens is 2. The molecule has 3 atom stereocenters. The van der Waals surface area contributed by atoms with Crippen molar-refractivity contribution in [3.63, 3.8) is 0 Å². The first-order valence-electron chi connectivity index (χ1n) is 16.3. The molecule has 0 radical (unpaired) electrons. The zero-order chi connectivity index (χ0) is 35.3. The van der Waals surface area contributed by atoms with E-state index in [9.17, 15) is 35.5 Å². The molecule has 9 nitrogen and oxygen atoms in total. The average Bonchev–Trinajstić information content (AvgIpc) is 3.03. The number of nitrogens with one attached hydrogen (secondary N) is 3. The van der Waals surface area contributed by atoms with Crippen molar-refractivity contribution in [2.24, 2.45) is 0 Å². The van der Waals surface area contributed by atoms with Gasteiger partial charge in [0.1, 0.15) is 17.7 Å². The Balaban J connectivity index is 1.92. The lowest BCUT2D eigenvalue weighted by molar-refractivity contribution is -0.123. The van der Waals surface area contributed by atoms with Gasteiger partial charge in [-0.25, -0.2) is 25.6 Å². The van der Waals surface area contributed by atoms with Crippen LogP contribution in [0.25, 0.3) is 0 Å². The highest BCUT2D eigenvalue weighted by atomic mass is 32.2. The summed E-state index contributed by atoms with van der Waals surface area (Å²) in [5, 5.41) is 16.2. The van der Waals surface area contributed by atoms with E-state index in [1.807, 2.05) is 45.0 Å². The monoisotopic (exact) mass is 707 g/mol. The quantitative estimate of drug-likeness (QED) is 0.136. The van der Waals surface area contributed by atoms with Gasteiger partial charge in [-0.05, 0) is 66.6 Å². The summed E-state index contributed by atoms with van der Waals surface area (Å²) < 4.78 is 84.4. The Bertz CT molecular complexity index is 1670. The smallest absolute Gasteiger partial charge is 0.241 e. The average molecular weight is 708 g/mol. The van der Waals surface area contributed by atoms with Crippen molar-refractivity contribution in [1.29, 1.82) is 0 Å². The van der Waals surface area contributed by atoms with E-state index in [4.69, 9.17) is 0 Å². The first kappa shape index (κ1) is 39.2. The normalized spacial score (nSPS) is 14.1. The summed E-state index contributed by atoms with van der Waals surface area (Å²) in [6.07, 6.45) is 1.14. The van der Waals surface area contributed by atoms with Gasteiger partial charge in [0.05, 0.1) is 28.0 Å². The maximum absolute atomic E-state index is 14.1. The number of sulfone groups is 1. The summed E-state index contributed by atoms with van der Waals surface area (Å²) in [4.78, 5) is 13.7. The molecule has 0 spiro atoms. The lowest BCUT2D eigenvalue weighted by Crippen LogP contribution is -2.57. The number of hydrogen-bond donors (Lipinski definition) is 4. The van der Waals surface area contributed by atoms with E-state index in [-0.39, 0.29) is 23.4 Å². The van der Waals surface area contributed by atoms with Crippen molar-refractivity contribution < 1.29 is 35.5 Å². The van der Waals surface area contributed by atoms with Crippen LogP contribution in [0.4, 0.5) is 8.78 Å². The highest BCUT2D eigenvalue weighted by Crippen LogP contribution is 2.19. The Kier molecular flexibility index (Phi) is 15.1. The van der Waals surface area contributed by atoms with Gasteiger partial charge in [-0.15, -0.1) is 0 Å². The number of benzene rings is 3. The van der Waals surface area contributed by atoms with Gasteiger partial charge in [0, 0.05) is 19.2 Å². The van der Waals surface area contributed by atoms with E-state index >= 15 is 0 Å². The molecule has 3 rings (SSSR count). The summed E-state index contributed by atoms with van der Waals surface area (Å²) in [6.45, 7) is 6.05. The third-order valence-electron chi connectivity index (χ3n) is 8.05. The third-order valence-corrected chi connectivity index (χ3v) is 11.8. The van der Waals surface area contributed by atoms with Crippen LogP contribution in [0.1, 0.15) is 63.1 Å². The van der Waals surface area contributed by atoms with Crippen molar-refractivity contribution in [3.8, 4) is 0 Å². The molecule has 0 aliphatic carbocycles. The number of amides is 1. The molecule has 4 N–H and O–H groups in total. The SMILES string of the molecule is CCCC(CCC)S(=O)(=O)CC(NS(=O)(=O)c1ccccc1)C(=O)N[C@@H](Cc1cc(F)cc(F)c1)[C@H](O)CNCc1cccc(CC)c1. The third kappa shape index (κ3) is 12.0. The van der Waals surface area contributed by atoms with Gasteiger partial charge >= 0.3 is 0 Å². The first-order chi connectivity index (χ1) is 22.8. The van der Waals surface area contributed by atoms with E-state index in [0.717, 1.165) is 29.7 Å². The molecule has 0 saturated heterocycles. The Hall–Kier alpha value is -3.23. The second kappa shape index (κ2) is 18.5. The van der Waals surface area contributed by atoms with E-state index in [2.05, 4.69) is 15.4 Å². The molecule has 264 valence electrons. The zero-order valence-electron chi connectivity index (χ0n) is 27.7. The summed E-state index contributed by atoms with van der Waals surface area (Å²) in [6, 6.07) is 15.0. The number of carbonyl (C=O) groups excluding carboxylic acids is 1. The van der Waals surface area contributed by atoms with Gasteiger partial charge in [0.15, 0.2) is 9.84 Å². The number of aryl methyl sites for hydroxylation is 1. The summed E-state index contributed by atoms with van der Waals surface area (Å²) >= 11 is 0. The maximum Gasteiger partial charge on any atom is 0.241 e. The first-order valence-corrected chi connectivity index (χ1v) is 19.5. The lowest BCUT2D eigenvalue weighted by Gasteiger charge is -2.28. The number of aliphatic hydroxyl groups excluding tert-OH is 1. The molecule has 0 aromatic heterocycles. The molecular formula is C35H47F2N3O6S2. The van der Waals surface area contributed by atoms with Crippen molar-refractivity contribution in [2.45, 2.75) is 94.2 Å². The molecule has 0 fully saturated rings. The Morgan fingerprint density at radius 2 is 1.44 bits per heavy atom. The van der Waals surface area contributed by atoms with Gasteiger partial charge in [0.25, 0.3) is 0 Å². The van der Waals surface area contributed by atoms with Gasteiger partial charge in [-0.3, -0.25) is 4.79 Å². The minimum atomic E-state index is -4.35. The Labute approximate surface area is 283 Å². The van der Waals surface area contributed by atoms with Crippen molar-refractivity contribution in [3.05, 3.63) is 101 Å². The van der Waals surface area contributed by atoms with Gasteiger partial charge in [-0.2, -0.15) is 4.72 Å². The second-order valence-corrected chi connectivity index (χ2v) is 16.0. The van der Waals surface area contributed by atoms with Crippen LogP contribution < -0.4 is 15.4 Å². The Morgan fingerprint density at radius 1 is 0.812 bits per heavy atom. The molecule has 0 saturated carbocycles. The molecule has 13 heteroatoms. The van der Waals surface area contributed by atoms with Crippen LogP contribution >= 0.6 is 0 Å². The number of hydrogen-bond acceptors (Lipinski definition) is 7. The number of aliphatic hydroxyl groups is 1. The summed E-state index contributed by atoms with van der Waals surface area (Å²) in [7, 11) is -8.34. The van der Waals surface area contributed by atoms with Crippen LogP contribution in [0.5, 0.6) is 0 Å². The minimum Gasteiger partial charge on any atom is -0.390 e. The standard InChI is InChI=1S/C35H47F2N3O6S2/c1-4-11-30(12-5-2)47(43,44)24-33(40-48(45,46)31-15-8-7-9-16-31)35(42)39-32(20-27-18-28(36)21-29(37)19-27)34(41)23-38-22-26-14-10-13-25(6-3)17-26/h7-10,13-19,21,30,32-34,38,40-41H,4-6,11-12,20,22-24H2,1-3H3,(H,39,42)/t32-,33?,34+/m0/s1. The van der Waals surface area contributed by atoms with Crippen LogP contribution in [0, 0.1) is 11.6 Å². The van der Waals surface area contributed by atoms with Gasteiger partial charge < -0.3 is 15.7 Å². The molecule has 1 unspecified atom stereocenters. The van der Waals surface area contributed by atoms with Crippen LogP contribution in [0.3, 0.4) is 0 Å². The fraction of sp³-hybridized carbons (Fsp3) is 0.457. The minimum absolute atomic E-state index is 0.0487. The Morgan fingerprint density at radius 3 is 2.04 bits per heavy atom. The van der Waals surface area contributed by atoms with Crippen molar-refractivity contribution in [1.82, 2.24) is 15.4 Å². The fourth-order valence-electron chi connectivity index (χ4n) is 5.55. The molecule has 0 aliphatic heterocycles. The van der Waals surface area contributed by atoms with Crippen LogP contribution in [-0.2, 0) is 44.0 Å². The molecule has 1 amide bonds. The van der Waals surface area contributed by atoms with Crippen molar-refractivity contribution in [2.75, 3.05) is 12.3 Å². The summed E-state index contributed by atoms with van der Waals surface area (Å²) in [5.41, 5.74) is 2.23. The molecule has 3 aromatic carbocycles. The molecule has 3 aromatic rings. The van der Waals surface area contributed by atoms with Crippen LogP contribution in [-0.4, -0.2) is 63.6 Å². The predicted molar refractivity (Wildman–Crippen MR) is 183 cm³/mol. The predicted octanol–water partition coefficient (Wildman–Crippen LogP) is 4.44. The van der Waals surface area contributed by atoms with Crippen molar-refractivity contribution >= 4 is 25.8 Å². The number of rotatable bonds is 20. The fourth-order valence-corrected chi connectivity index (χ4v) is 9.03. The zero-order valence-corrected chi connectivity index (χ0v) is 29.3. The lowest BCUT2D eigenvalue weighted by atomic mass is 10.00.